The van der Waals surface area contributed by atoms with E-state index in [-0.39, 0.29) is 5.56 Å². The normalized spacial score (nSPS) is 13.6. The lowest BCUT2D eigenvalue weighted by Gasteiger charge is -2.15. The summed E-state index contributed by atoms with van der Waals surface area (Å²) in [5.74, 6) is 1.25. The van der Waals surface area contributed by atoms with Gasteiger partial charge >= 0.3 is 0 Å². The summed E-state index contributed by atoms with van der Waals surface area (Å²) in [6.45, 7) is 1.99. The molecule has 0 spiro atoms. The van der Waals surface area contributed by atoms with Crippen molar-refractivity contribution < 1.29 is 0 Å². The third kappa shape index (κ3) is 3.38. The number of nitrogens with zero attached hydrogens (tertiary/aromatic N) is 3. The third-order valence-corrected chi connectivity index (χ3v) is 6.39. The molecule has 6 heteroatoms. The number of fused-ring (bicyclic) bond motifs is 2. The Labute approximate surface area is 173 Å². The number of para-hydroxylation sites is 2. The van der Waals surface area contributed by atoms with Crippen molar-refractivity contribution in [3.8, 4) is 5.69 Å². The van der Waals surface area contributed by atoms with Gasteiger partial charge in [0.25, 0.3) is 5.56 Å². The molecule has 5 rings (SSSR count). The molecule has 1 N–H and O–H groups in total. The predicted octanol–water partition coefficient (Wildman–Crippen LogP) is 4.59. The second kappa shape index (κ2) is 7.52. The summed E-state index contributed by atoms with van der Waals surface area (Å²) in [5, 5.41) is 1.61. The van der Waals surface area contributed by atoms with Crippen molar-refractivity contribution in [1.29, 1.82) is 0 Å². The van der Waals surface area contributed by atoms with Crippen LogP contribution in [0.5, 0.6) is 0 Å². The van der Waals surface area contributed by atoms with E-state index in [4.69, 9.17) is 9.97 Å². The van der Waals surface area contributed by atoms with Crippen LogP contribution in [-0.4, -0.2) is 19.5 Å². The minimum atomic E-state index is -0.0833. The number of hydrogen-bond acceptors (Lipinski definition) is 4. The monoisotopic (exact) mass is 402 g/mol. The first-order valence-corrected chi connectivity index (χ1v) is 11.0. The average Bonchev–Trinajstić information content (AvgIpc) is 3.12. The van der Waals surface area contributed by atoms with E-state index >= 15 is 0 Å². The molecule has 2 heterocycles. The van der Waals surface area contributed by atoms with Crippen molar-refractivity contribution in [2.75, 3.05) is 0 Å². The van der Waals surface area contributed by atoms with E-state index in [9.17, 15) is 4.79 Å². The van der Waals surface area contributed by atoms with Gasteiger partial charge in [-0.15, -0.1) is 0 Å². The zero-order valence-electron chi connectivity index (χ0n) is 16.3. The quantitative estimate of drug-likeness (QED) is 0.507. The highest BCUT2D eigenvalue weighted by Crippen LogP contribution is 2.31. The zero-order chi connectivity index (χ0) is 19.8. The first-order chi connectivity index (χ1) is 14.2. The molecule has 4 aromatic rings. The molecule has 2 aromatic carbocycles. The first-order valence-electron chi connectivity index (χ1n) is 9.98. The Morgan fingerprint density at radius 1 is 1.03 bits per heavy atom. The van der Waals surface area contributed by atoms with Crippen molar-refractivity contribution in [2.24, 2.45) is 0 Å². The summed E-state index contributed by atoms with van der Waals surface area (Å²) >= 11 is 1.63. The van der Waals surface area contributed by atoms with Gasteiger partial charge in [0.1, 0.15) is 5.82 Å². The smallest absolute Gasteiger partial charge is 0.258 e. The fourth-order valence-corrected chi connectivity index (χ4v) is 4.93. The van der Waals surface area contributed by atoms with Crippen LogP contribution in [0.3, 0.4) is 0 Å². The summed E-state index contributed by atoms with van der Waals surface area (Å²) < 4.78 is 2.28. The summed E-state index contributed by atoms with van der Waals surface area (Å²) in [6, 6.07) is 16.1. The van der Waals surface area contributed by atoms with Gasteiger partial charge in [0.15, 0.2) is 5.16 Å². The van der Waals surface area contributed by atoms with Gasteiger partial charge < -0.3 is 4.98 Å². The molecule has 0 aliphatic heterocycles. The minimum absolute atomic E-state index is 0.0833. The van der Waals surface area contributed by atoms with Crippen LogP contribution >= 0.6 is 11.8 Å². The highest BCUT2D eigenvalue weighted by Gasteiger charge is 2.21. The highest BCUT2D eigenvalue weighted by molar-refractivity contribution is 7.98. The zero-order valence-corrected chi connectivity index (χ0v) is 17.1. The number of hydrogen-bond donors (Lipinski definition) is 1. The molecule has 146 valence electrons. The predicted molar refractivity (Wildman–Crippen MR) is 117 cm³/mol. The van der Waals surface area contributed by atoms with Crippen LogP contribution in [0.25, 0.3) is 16.6 Å². The number of thioether (sulfide) groups is 1. The lowest BCUT2D eigenvalue weighted by molar-refractivity contribution is 0.654. The maximum Gasteiger partial charge on any atom is 0.258 e. The summed E-state index contributed by atoms with van der Waals surface area (Å²) in [7, 11) is 0. The Kier molecular flexibility index (Phi) is 4.72. The molecule has 1 aliphatic carbocycles. The van der Waals surface area contributed by atoms with Crippen LogP contribution in [0.1, 0.15) is 35.6 Å². The van der Waals surface area contributed by atoms with Crippen LogP contribution in [-0.2, 0) is 18.6 Å². The molecule has 0 unspecified atom stereocenters. The van der Waals surface area contributed by atoms with E-state index in [1.54, 1.807) is 11.8 Å². The van der Waals surface area contributed by atoms with Crippen molar-refractivity contribution in [2.45, 2.75) is 43.5 Å². The van der Waals surface area contributed by atoms with Crippen LogP contribution in [0.2, 0.25) is 0 Å². The van der Waals surface area contributed by atoms with Crippen molar-refractivity contribution in [3.05, 3.63) is 81.7 Å². The fraction of sp³-hybridized carbons (Fsp3) is 0.261. The molecule has 0 atom stereocenters. The van der Waals surface area contributed by atoms with Gasteiger partial charge in [-0.25, -0.2) is 9.97 Å². The van der Waals surface area contributed by atoms with Crippen molar-refractivity contribution in [3.63, 3.8) is 0 Å². The van der Waals surface area contributed by atoms with Crippen LogP contribution in [0.15, 0.2) is 58.5 Å². The number of benzene rings is 2. The maximum absolute atomic E-state index is 12.5. The van der Waals surface area contributed by atoms with Crippen LogP contribution in [0.4, 0.5) is 0 Å². The van der Waals surface area contributed by atoms with E-state index in [0.29, 0.717) is 17.0 Å². The molecule has 0 bridgehead atoms. The molecule has 0 saturated carbocycles. The Bertz CT molecular complexity index is 1240. The first kappa shape index (κ1) is 18.2. The topological polar surface area (TPSA) is 63.6 Å². The Balaban J connectivity index is 1.52. The van der Waals surface area contributed by atoms with Crippen LogP contribution in [0, 0.1) is 6.92 Å². The minimum Gasteiger partial charge on any atom is -0.309 e. The Morgan fingerprint density at radius 3 is 2.72 bits per heavy atom. The molecule has 29 heavy (non-hydrogen) atoms. The average molecular weight is 403 g/mol. The number of aromatic amines is 1. The second-order valence-electron chi connectivity index (χ2n) is 7.44. The van der Waals surface area contributed by atoms with Gasteiger partial charge in [-0.1, -0.05) is 42.1 Å². The van der Waals surface area contributed by atoms with Gasteiger partial charge in [-0.05, 0) is 56.4 Å². The van der Waals surface area contributed by atoms with E-state index in [1.165, 1.54) is 24.2 Å². The Morgan fingerprint density at radius 2 is 1.86 bits per heavy atom. The molecule has 1 aliphatic rings. The van der Waals surface area contributed by atoms with E-state index in [1.807, 2.05) is 31.2 Å². The van der Waals surface area contributed by atoms with Crippen molar-refractivity contribution in [1.82, 2.24) is 19.5 Å². The van der Waals surface area contributed by atoms with E-state index < -0.39 is 0 Å². The van der Waals surface area contributed by atoms with Crippen LogP contribution < -0.4 is 5.56 Å². The SMILES string of the molecule is Cc1cccc2c(=O)[nH]c(CSc3nc4c(n3-c3ccccc3)CCCC4)nc12. The number of aromatic nitrogens is 4. The fourth-order valence-electron chi connectivity index (χ4n) is 4.01. The van der Waals surface area contributed by atoms with E-state index in [0.717, 1.165) is 34.8 Å². The lowest BCUT2D eigenvalue weighted by Crippen LogP contribution is -2.12. The van der Waals surface area contributed by atoms with E-state index in [2.05, 4.69) is 33.8 Å². The molecule has 2 aromatic heterocycles. The summed E-state index contributed by atoms with van der Waals surface area (Å²) in [6.07, 6.45) is 4.49. The largest absolute Gasteiger partial charge is 0.309 e. The summed E-state index contributed by atoms with van der Waals surface area (Å²) in [5.41, 5.74) is 5.37. The standard InChI is InChI=1S/C23H22N4OS/c1-15-8-7-11-17-21(15)25-20(26-22(17)28)14-29-23-24-18-12-5-6-13-19(18)27(23)16-9-3-2-4-10-16/h2-4,7-11H,5-6,12-14H2,1H3,(H,25,26,28). The number of rotatable bonds is 4. The lowest BCUT2D eigenvalue weighted by atomic mass is 10.0. The Hall–Kier alpha value is -2.86. The molecule has 0 radical (unpaired) electrons. The van der Waals surface area contributed by atoms with Crippen molar-refractivity contribution >= 4 is 22.7 Å². The molecular formula is C23H22N4OS. The third-order valence-electron chi connectivity index (χ3n) is 5.44. The van der Waals surface area contributed by atoms with Gasteiger partial charge in [0, 0.05) is 11.4 Å². The molecule has 0 amide bonds. The molecule has 5 nitrogen and oxygen atoms in total. The van der Waals surface area contributed by atoms with Gasteiger partial charge in [0.2, 0.25) is 0 Å². The van der Waals surface area contributed by atoms with Gasteiger partial charge in [-0.3, -0.25) is 9.36 Å². The highest BCUT2D eigenvalue weighted by atomic mass is 32.2. The molecular weight excluding hydrogens is 380 g/mol. The molecule has 0 fully saturated rings. The number of nitrogens with one attached hydrogen (secondary N) is 1. The maximum atomic E-state index is 12.5. The number of imidazole rings is 1. The summed E-state index contributed by atoms with van der Waals surface area (Å²) in [4.78, 5) is 25.1. The second-order valence-corrected chi connectivity index (χ2v) is 8.38. The van der Waals surface area contributed by atoms with Gasteiger partial charge in [-0.2, -0.15) is 0 Å². The molecule has 0 saturated heterocycles. The van der Waals surface area contributed by atoms with Gasteiger partial charge in [0.05, 0.1) is 22.3 Å². The number of H-pyrrole nitrogens is 1. The number of aryl methyl sites for hydroxylation is 2.